The monoisotopic (exact) mass is 220 g/mol. The molecule has 1 aliphatic carbocycles. The lowest BCUT2D eigenvalue weighted by atomic mass is 9.83. The fraction of sp³-hybridized carbons (Fsp3) is 0.833. The summed E-state index contributed by atoms with van der Waals surface area (Å²) in [6.45, 7) is 4.29. The molecule has 1 N–H and O–H groups in total. The Hall–Kier alpha value is -0.900. The van der Waals surface area contributed by atoms with Crippen LogP contribution in [0.3, 0.4) is 0 Å². The highest BCUT2D eigenvalue weighted by molar-refractivity contribution is 5.01. The van der Waals surface area contributed by atoms with Gasteiger partial charge < -0.3 is 9.88 Å². The molecule has 2 aliphatic rings. The van der Waals surface area contributed by atoms with Crippen molar-refractivity contribution in [1.29, 1.82) is 0 Å². The first kappa shape index (κ1) is 10.3. The van der Waals surface area contributed by atoms with Crippen molar-refractivity contribution in [2.45, 2.75) is 45.1 Å². The zero-order valence-electron chi connectivity index (χ0n) is 9.95. The average Bonchev–Trinajstić information content (AvgIpc) is 2.80. The predicted octanol–water partition coefficient (Wildman–Crippen LogP) is 1.46. The van der Waals surface area contributed by atoms with Crippen molar-refractivity contribution < 1.29 is 0 Å². The lowest BCUT2D eigenvalue weighted by molar-refractivity contribution is 0.302. The maximum atomic E-state index is 4.37. The van der Waals surface area contributed by atoms with E-state index >= 15 is 0 Å². The molecule has 1 aromatic rings. The standard InChI is InChI=1S/C12H20N4/c1-9-14-15-12(7-10-3-2-4-10)16(9)11-5-6-13-8-11/h10-11,13H,2-8H2,1H3. The topological polar surface area (TPSA) is 42.7 Å². The molecule has 2 heterocycles. The van der Waals surface area contributed by atoms with Crippen LogP contribution in [-0.2, 0) is 6.42 Å². The second-order valence-electron chi connectivity index (χ2n) is 5.18. The van der Waals surface area contributed by atoms with E-state index in [4.69, 9.17) is 0 Å². The van der Waals surface area contributed by atoms with Gasteiger partial charge in [0.2, 0.25) is 0 Å². The summed E-state index contributed by atoms with van der Waals surface area (Å²) in [4.78, 5) is 0. The third-order valence-electron chi connectivity index (χ3n) is 4.03. The molecule has 0 bridgehead atoms. The van der Waals surface area contributed by atoms with Gasteiger partial charge in [0.05, 0.1) is 6.04 Å². The van der Waals surface area contributed by atoms with E-state index in [9.17, 15) is 0 Å². The summed E-state index contributed by atoms with van der Waals surface area (Å²) in [6, 6.07) is 0.588. The Morgan fingerprint density at radius 1 is 1.31 bits per heavy atom. The molecule has 0 aromatic carbocycles. The van der Waals surface area contributed by atoms with Gasteiger partial charge in [-0.3, -0.25) is 0 Å². The molecule has 1 atom stereocenters. The van der Waals surface area contributed by atoms with E-state index in [2.05, 4.69) is 27.0 Å². The predicted molar refractivity (Wildman–Crippen MR) is 62.3 cm³/mol. The van der Waals surface area contributed by atoms with Crippen molar-refractivity contribution in [3.8, 4) is 0 Å². The minimum atomic E-state index is 0.588. The second kappa shape index (κ2) is 4.17. The molecule has 0 amide bonds. The molecule has 88 valence electrons. The van der Waals surface area contributed by atoms with Crippen LogP contribution in [0.5, 0.6) is 0 Å². The van der Waals surface area contributed by atoms with Gasteiger partial charge in [0, 0.05) is 13.0 Å². The summed E-state index contributed by atoms with van der Waals surface area (Å²) >= 11 is 0. The maximum Gasteiger partial charge on any atom is 0.133 e. The average molecular weight is 220 g/mol. The molecule has 0 radical (unpaired) electrons. The van der Waals surface area contributed by atoms with Crippen LogP contribution in [0.2, 0.25) is 0 Å². The molecule has 4 nitrogen and oxygen atoms in total. The highest BCUT2D eigenvalue weighted by atomic mass is 15.3. The van der Waals surface area contributed by atoms with Crippen molar-refractivity contribution in [3.05, 3.63) is 11.6 Å². The van der Waals surface area contributed by atoms with E-state index in [-0.39, 0.29) is 0 Å². The molecule has 0 spiro atoms. The highest BCUT2D eigenvalue weighted by Crippen LogP contribution is 2.30. The molecular formula is C12H20N4. The van der Waals surface area contributed by atoms with Gasteiger partial charge in [-0.25, -0.2) is 0 Å². The van der Waals surface area contributed by atoms with Crippen molar-refractivity contribution in [3.63, 3.8) is 0 Å². The molecule has 2 fully saturated rings. The van der Waals surface area contributed by atoms with Crippen LogP contribution < -0.4 is 5.32 Å². The van der Waals surface area contributed by atoms with Crippen LogP contribution in [0, 0.1) is 12.8 Å². The van der Waals surface area contributed by atoms with E-state index in [0.29, 0.717) is 6.04 Å². The van der Waals surface area contributed by atoms with Crippen molar-refractivity contribution in [1.82, 2.24) is 20.1 Å². The van der Waals surface area contributed by atoms with E-state index in [0.717, 1.165) is 31.3 Å². The molecule has 1 unspecified atom stereocenters. The number of hydrogen-bond donors (Lipinski definition) is 1. The highest BCUT2D eigenvalue weighted by Gasteiger charge is 2.25. The number of hydrogen-bond acceptors (Lipinski definition) is 3. The zero-order valence-corrected chi connectivity index (χ0v) is 9.95. The van der Waals surface area contributed by atoms with E-state index < -0.39 is 0 Å². The molecule has 4 heteroatoms. The van der Waals surface area contributed by atoms with Crippen LogP contribution >= 0.6 is 0 Å². The van der Waals surface area contributed by atoms with Crippen LogP contribution in [0.15, 0.2) is 0 Å². The fourth-order valence-corrected chi connectivity index (χ4v) is 2.84. The molecule has 1 aliphatic heterocycles. The number of aryl methyl sites for hydroxylation is 1. The second-order valence-corrected chi connectivity index (χ2v) is 5.18. The summed E-state index contributed by atoms with van der Waals surface area (Å²) in [5.74, 6) is 3.18. The van der Waals surface area contributed by atoms with Crippen molar-refractivity contribution in [2.24, 2.45) is 5.92 Å². The fourth-order valence-electron chi connectivity index (χ4n) is 2.84. The van der Waals surface area contributed by atoms with Gasteiger partial charge in [-0.15, -0.1) is 10.2 Å². The Morgan fingerprint density at radius 2 is 2.19 bits per heavy atom. The maximum absolute atomic E-state index is 4.37. The van der Waals surface area contributed by atoms with Crippen LogP contribution in [0.1, 0.15) is 43.4 Å². The lowest BCUT2D eigenvalue weighted by Crippen LogP contribution is -2.21. The third kappa shape index (κ3) is 1.75. The van der Waals surface area contributed by atoms with Crippen LogP contribution in [0.4, 0.5) is 0 Å². The van der Waals surface area contributed by atoms with E-state index in [1.807, 2.05) is 0 Å². The smallest absolute Gasteiger partial charge is 0.133 e. The molecule has 1 aromatic heterocycles. The van der Waals surface area contributed by atoms with E-state index in [1.54, 1.807) is 0 Å². The van der Waals surface area contributed by atoms with Crippen LogP contribution in [0.25, 0.3) is 0 Å². The zero-order chi connectivity index (χ0) is 11.0. The van der Waals surface area contributed by atoms with Gasteiger partial charge in [-0.05, 0) is 25.8 Å². The van der Waals surface area contributed by atoms with Gasteiger partial charge in [0.25, 0.3) is 0 Å². The quantitative estimate of drug-likeness (QED) is 0.838. The molecular weight excluding hydrogens is 200 g/mol. The number of nitrogens with zero attached hydrogens (tertiary/aromatic N) is 3. The van der Waals surface area contributed by atoms with Gasteiger partial charge in [-0.1, -0.05) is 19.3 Å². The Balaban J connectivity index is 1.80. The first-order valence-electron chi connectivity index (χ1n) is 6.45. The third-order valence-corrected chi connectivity index (χ3v) is 4.03. The van der Waals surface area contributed by atoms with Gasteiger partial charge in [-0.2, -0.15) is 0 Å². The van der Waals surface area contributed by atoms with Gasteiger partial charge in [0.15, 0.2) is 0 Å². The minimum absolute atomic E-state index is 0.588. The summed E-state index contributed by atoms with van der Waals surface area (Å²) in [6.07, 6.45) is 6.53. The number of rotatable bonds is 3. The SMILES string of the molecule is Cc1nnc(CC2CCC2)n1C1CCNC1. The van der Waals surface area contributed by atoms with Gasteiger partial charge in [0.1, 0.15) is 11.6 Å². The first-order chi connectivity index (χ1) is 7.84. The lowest BCUT2D eigenvalue weighted by Gasteiger charge is -2.25. The summed E-state index contributed by atoms with van der Waals surface area (Å²) in [5, 5.41) is 12.0. The first-order valence-corrected chi connectivity index (χ1v) is 6.45. The molecule has 1 saturated carbocycles. The van der Waals surface area contributed by atoms with E-state index in [1.165, 1.54) is 31.5 Å². The van der Waals surface area contributed by atoms with Crippen molar-refractivity contribution in [2.75, 3.05) is 13.1 Å². The Labute approximate surface area is 96.4 Å². The molecule has 1 saturated heterocycles. The normalized spacial score (nSPS) is 25.9. The van der Waals surface area contributed by atoms with Gasteiger partial charge >= 0.3 is 0 Å². The largest absolute Gasteiger partial charge is 0.315 e. The van der Waals surface area contributed by atoms with Crippen molar-refractivity contribution >= 4 is 0 Å². The number of nitrogens with one attached hydrogen (secondary N) is 1. The Kier molecular flexibility index (Phi) is 2.67. The Morgan fingerprint density at radius 3 is 2.81 bits per heavy atom. The Bertz CT molecular complexity index is 361. The minimum Gasteiger partial charge on any atom is -0.315 e. The summed E-state index contributed by atoms with van der Waals surface area (Å²) in [7, 11) is 0. The molecule has 16 heavy (non-hydrogen) atoms. The molecule has 3 rings (SSSR count). The number of aromatic nitrogens is 3. The van der Waals surface area contributed by atoms with Crippen LogP contribution in [-0.4, -0.2) is 27.9 Å². The summed E-state index contributed by atoms with van der Waals surface area (Å²) in [5.41, 5.74) is 0. The summed E-state index contributed by atoms with van der Waals surface area (Å²) < 4.78 is 2.37.